The number of halogens is 1. The van der Waals surface area contributed by atoms with Gasteiger partial charge in [0.05, 0.1) is 0 Å². The summed E-state index contributed by atoms with van der Waals surface area (Å²) in [6.45, 7) is 2.42. The zero-order valence-corrected chi connectivity index (χ0v) is 8.30. The van der Waals surface area contributed by atoms with Crippen LogP contribution in [0.3, 0.4) is 0 Å². The van der Waals surface area contributed by atoms with Crippen molar-refractivity contribution < 1.29 is 9.47 Å². The quantitative estimate of drug-likeness (QED) is 0.689. The second-order valence-corrected chi connectivity index (χ2v) is 4.10. The summed E-state index contributed by atoms with van der Waals surface area (Å²) in [7, 11) is 0. The average molecular weight is 229 g/mol. The first kappa shape index (κ1) is 7.92. The van der Waals surface area contributed by atoms with E-state index in [0.29, 0.717) is 11.6 Å². The SMILES string of the molecule is CC(Br)c1ccc2c(c1)OCO2. The van der Waals surface area contributed by atoms with Crippen LogP contribution in [0, 0.1) is 0 Å². The van der Waals surface area contributed by atoms with Crippen LogP contribution in [-0.2, 0) is 0 Å². The third-order valence-electron chi connectivity index (χ3n) is 1.86. The maximum absolute atomic E-state index is 5.25. The van der Waals surface area contributed by atoms with Gasteiger partial charge < -0.3 is 9.47 Å². The Balaban J connectivity index is 2.39. The van der Waals surface area contributed by atoms with Crippen molar-refractivity contribution in [3.8, 4) is 11.5 Å². The molecule has 64 valence electrons. The van der Waals surface area contributed by atoms with Crippen LogP contribution in [0.1, 0.15) is 17.3 Å². The Morgan fingerprint density at radius 2 is 2.08 bits per heavy atom. The van der Waals surface area contributed by atoms with Gasteiger partial charge in [0.2, 0.25) is 6.79 Å². The second kappa shape index (κ2) is 2.98. The molecular weight excluding hydrogens is 220 g/mol. The Hall–Kier alpha value is -0.700. The molecule has 0 aromatic heterocycles. The summed E-state index contributed by atoms with van der Waals surface area (Å²) in [5.74, 6) is 1.69. The van der Waals surface area contributed by atoms with E-state index in [1.54, 1.807) is 0 Å². The third-order valence-corrected chi connectivity index (χ3v) is 2.38. The Morgan fingerprint density at radius 1 is 1.33 bits per heavy atom. The van der Waals surface area contributed by atoms with Gasteiger partial charge in [-0.3, -0.25) is 0 Å². The zero-order valence-electron chi connectivity index (χ0n) is 6.71. The van der Waals surface area contributed by atoms with E-state index in [4.69, 9.17) is 9.47 Å². The first-order chi connectivity index (χ1) is 5.77. The molecule has 0 aliphatic carbocycles. The van der Waals surface area contributed by atoms with Crippen LogP contribution in [-0.4, -0.2) is 6.79 Å². The lowest BCUT2D eigenvalue weighted by molar-refractivity contribution is 0.174. The largest absolute Gasteiger partial charge is 0.454 e. The maximum atomic E-state index is 5.25. The van der Waals surface area contributed by atoms with Crippen molar-refractivity contribution in [2.24, 2.45) is 0 Å². The van der Waals surface area contributed by atoms with Gasteiger partial charge in [0.1, 0.15) is 0 Å². The highest BCUT2D eigenvalue weighted by atomic mass is 79.9. The number of hydrogen-bond acceptors (Lipinski definition) is 2. The molecule has 0 saturated heterocycles. The van der Waals surface area contributed by atoms with Crippen molar-refractivity contribution in [2.75, 3.05) is 6.79 Å². The summed E-state index contributed by atoms with van der Waals surface area (Å²) < 4.78 is 10.4. The average Bonchev–Trinajstić information content (AvgIpc) is 2.49. The molecule has 0 spiro atoms. The number of hydrogen-bond donors (Lipinski definition) is 0. The van der Waals surface area contributed by atoms with Gasteiger partial charge in [0.25, 0.3) is 0 Å². The molecule has 2 rings (SSSR count). The van der Waals surface area contributed by atoms with E-state index < -0.39 is 0 Å². The lowest BCUT2D eigenvalue weighted by Crippen LogP contribution is -1.92. The monoisotopic (exact) mass is 228 g/mol. The molecule has 1 aliphatic rings. The van der Waals surface area contributed by atoms with Crippen molar-refractivity contribution in [2.45, 2.75) is 11.8 Å². The number of benzene rings is 1. The van der Waals surface area contributed by atoms with Gasteiger partial charge in [-0.05, 0) is 24.6 Å². The fourth-order valence-electron chi connectivity index (χ4n) is 1.16. The molecule has 0 radical (unpaired) electrons. The normalized spacial score (nSPS) is 16.2. The summed E-state index contributed by atoms with van der Waals surface area (Å²) in [6.07, 6.45) is 0. The molecule has 0 N–H and O–H groups in total. The molecule has 2 nitrogen and oxygen atoms in total. The topological polar surface area (TPSA) is 18.5 Å². The second-order valence-electron chi connectivity index (χ2n) is 2.73. The molecular formula is C9H9BrO2. The van der Waals surface area contributed by atoms with Gasteiger partial charge in [0, 0.05) is 4.83 Å². The number of ether oxygens (including phenoxy) is 2. The van der Waals surface area contributed by atoms with E-state index in [-0.39, 0.29) is 0 Å². The Labute approximate surface area is 79.6 Å². The van der Waals surface area contributed by atoms with Crippen LogP contribution >= 0.6 is 15.9 Å². The van der Waals surface area contributed by atoms with Crippen LogP contribution in [0.5, 0.6) is 11.5 Å². The van der Waals surface area contributed by atoms with E-state index in [2.05, 4.69) is 22.9 Å². The highest BCUT2D eigenvalue weighted by Crippen LogP contribution is 2.35. The highest BCUT2D eigenvalue weighted by Gasteiger charge is 2.14. The van der Waals surface area contributed by atoms with E-state index in [0.717, 1.165) is 11.5 Å². The summed E-state index contributed by atoms with van der Waals surface area (Å²) in [6, 6.07) is 5.98. The molecule has 1 atom stereocenters. The van der Waals surface area contributed by atoms with Crippen LogP contribution in [0.15, 0.2) is 18.2 Å². The van der Waals surface area contributed by atoms with Gasteiger partial charge in [-0.1, -0.05) is 22.0 Å². The van der Waals surface area contributed by atoms with Crippen LogP contribution < -0.4 is 9.47 Å². The van der Waals surface area contributed by atoms with Crippen molar-refractivity contribution in [1.29, 1.82) is 0 Å². The Morgan fingerprint density at radius 3 is 2.83 bits per heavy atom. The molecule has 1 heterocycles. The molecule has 12 heavy (non-hydrogen) atoms. The Kier molecular flexibility index (Phi) is 1.97. The standard InChI is InChI=1S/C9H9BrO2/c1-6(10)7-2-3-8-9(4-7)12-5-11-8/h2-4,6H,5H2,1H3. The maximum Gasteiger partial charge on any atom is 0.231 e. The molecule has 1 aromatic carbocycles. The smallest absolute Gasteiger partial charge is 0.231 e. The minimum Gasteiger partial charge on any atom is -0.454 e. The molecule has 1 aliphatic heterocycles. The summed E-state index contributed by atoms with van der Waals surface area (Å²) in [5, 5.41) is 0. The predicted octanol–water partition coefficient (Wildman–Crippen LogP) is 2.87. The summed E-state index contributed by atoms with van der Waals surface area (Å²) in [4.78, 5) is 0.354. The van der Waals surface area contributed by atoms with E-state index in [1.807, 2.05) is 18.2 Å². The minimum absolute atomic E-state index is 0.343. The van der Waals surface area contributed by atoms with E-state index in [9.17, 15) is 0 Å². The fourth-order valence-corrected chi connectivity index (χ4v) is 1.45. The van der Waals surface area contributed by atoms with Crippen LogP contribution in [0.4, 0.5) is 0 Å². The first-order valence-electron chi connectivity index (χ1n) is 3.81. The summed E-state index contributed by atoms with van der Waals surface area (Å²) >= 11 is 3.49. The number of alkyl halides is 1. The van der Waals surface area contributed by atoms with Gasteiger partial charge in [-0.15, -0.1) is 0 Å². The third kappa shape index (κ3) is 1.29. The minimum atomic E-state index is 0.343. The lowest BCUT2D eigenvalue weighted by atomic mass is 10.1. The molecule has 0 fully saturated rings. The first-order valence-corrected chi connectivity index (χ1v) is 4.72. The highest BCUT2D eigenvalue weighted by molar-refractivity contribution is 9.09. The van der Waals surface area contributed by atoms with Crippen molar-refractivity contribution in [3.05, 3.63) is 23.8 Å². The van der Waals surface area contributed by atoms with Gasteiger partial charge >= 0.3 is 0 Å². The molecule has 1 unspecified atom stereocenters. The molecule has 0 saturated carbocycles. The van der Waals surface area contributed by atoms with E-state index >= 15 is 0 Å². The van der Waals surface area contributed by atoms with Crippen molar-refractivity contribution in [1.82, 2.24) is 0 Å². The Bertz CT molecular complexity index is 297. The van der Waals surface area contributed by atoms with E-state index in [1.165, 1.54) is 5.56 Å². The van der Waals surface area contributed by atoms with Gasteiger partial charge in [-0.2, -0.15) is 0 Å². The lowest BCUT2D eigenvalue weighted by Gasteiger charge is -2.03. The van der Waals surface area contributed by atoms with Crippen LogP contribution in [0.2, 0.25) is 0 Å². The fraction of sp³-hybridized carbons (Fsp3) is 0.333. The van der Waals surface area contributed by atoms with Crippen molar-refractivity contribution >= 4 is 15.9 Å². The van der Waals surface area contributed by atoms with Crippen molar-refractivity contribution in [3.63, 3.8) is 0 Å². The molecule has 0 amide bonds. The van der Waals surface area contributed by atoms with Gasteiger partial charge in [-0.25, -0.2) is 0 Å². The molecule has 1 aromatic rings. The predicted molar refractivity (Wildman–Crippen MR) is 49.9 cm³/mol. The number of fused-ring (bicyclic) bond motifs is 1. The zero-order chi connectivity index (χ0) is 8.55. The number of rotatable bonds is 1. The van der Waals surface area contributed by atoms with Crippen LogP contribution in [0.25, 0.3) is 0 Å². The van der Waals surface area contributed by atoms with Gasteiger partial charge in [0.15, 0.2) is 11.5 Å². The molecule has 0 bridgehead atoms. The molecule has 3 heteroatoms. The summed E-state index contributed by atoms with van der Waals surface area (Å²) in [5.41, 5.74) is 1.21.